The van der Waals surface area contributed by atoms with Crippen LogP contribution in [0.1, 0.15) is 40.0 Å². The summed E-state index contributed by atoms with van der Waals surface area (Å²) < 4.78 is 26.4. The third-order valence-electron chi connectivity index (χ3n) is 4.07. The lowest BCUT2D eigenvalue weighted by atomic mass is 9.86. The van der Waals surface area contributed by atoms with Gasteiger partial charge < -0.3 is 10.6 Å². The van der Waals surface area contributed by atoms with Gasteiger partial charge >= 0.3 is 0 Å². The smallest absolute Gasteiger partial charge is 0.213 e. The first kappa shape index (κ1) is 21.9. The van der Waals surface area contributed by atoms with Gasteiger partial charge in [-0.1, -0.05) is 20.3 Å². The minimum absolute atomic E-state index is 0. The molecule has 0 aromatic heterocycles. The third kappa shape index (κ3) is 8.52. The molecule has 1 aliphatic carbocycles. The Balaban J connectivity index is 0.00000441. The average molecular weight is 446 g/mol. The molecule has 0 aromatic carbocycles. The quantitative estimate of drug-likeness (QED) is 0.300. The van der Waals surface area contributed by atoms with Crippen molar-refractivity contribution in [3.63, 3.8) is 0 Å². The molecular weight excluding hydrogens is 415 g/mol. The van der Waals surface area contributed by atoms with Crippen molar-refractivity contribution in [1.82, 2.24) is 15.4 Å². The number of hydrogen-bond acceptors (Lipinski definition) is 3. The molecule has 1 saturated carbocycles. The Hall–Kier alpha value is -0.0900. The van der Waals surface area contributed by atoms with E-state index in [0.717, 1.165) is 12.8 Å². The van der Waals surface area contributed by atoms with Gasteiger partial charge in [-0.3, -0.25) is 4.99 Å². The SMILES string of the molecule is CN=C(NCCS(=O)(=O)NCC1CCC1)NC(C)C(C)C.I. The van der Waals surface area contributed by atoms with Crippen LogP contribution in [-0.2, 0) is 10.0 Å². The number of nitrogens with one attached hydrogen (secondary N) is 3. The molecule has 0 saturated heterocycles. The fraction of sp³-hybridized carbons (Fsp3) is 0.929. The van der Waals surface area contributed by atoms with Gasteiger partial charge in [-0.05, 0) is 31.6 Å². The van der Waals surface area contributed by atoms with Crippen molar-refractivity contribution in [3.05, 3.63) is 0 Å². The van der Waals surface area contributed by atoms with Crippen LogP contribution < -0.4 is 15.4 Å². The molecular formula is C14H31IN4O2S. The predicted molar refractivity (Wildman–Crippen MR) is 103 cm³/mol. The molecule has 1 fully saturated rings. The van der Waals surface area contributed by atoms with Gasteiger partial charge in [0.15, 0.2) is 5.96 Å². The van der Waals surface area contributed by atoms with Crippen molar-refractivity contribution in [1.29, 1.82) is 0 Å². The molecule has 3 N–H and O–H groups in total. The van der Waals surface area contributed by atoms with Crippen LogP contribution in [0.2, 0.25) is 0 Å². The van der Waals surface area contributed by atoms with E-state index in [9.17, 15) is 8.42 Å². The Bertz CT molecular complexity index is 436. The molecule has 1 atom stereocenters. The van der Waals surface area contributed by atoms with E-state index in [1.807, 2.05) is 0 Å². The van der Waals surface area contributed by atoms with E-state index < -0.39 is 10.0 Å². The van der Waals surface area contributed by atoms with E-state index in [1.165, 1.54) is 6.42 Å². The minimum atomic E-state index is -3.20. The van der Waals surface area contributed by atoms with Crippen LogP contribution in [0, 0.1) is 11.8 Å². The Kier molecular flexibility index (Phi) is 10.6. The summed E-state index contributed by atoms with van der Waals surface area (Å²) >= 11 is 0. The van der Waals surface area contributed by atoms with E-state index in [-0.39, 0.29) is 35.8 Å². The molecule has 0 heterocycles. The zero-order chi connectivity index (χ0) is 15.9. The molecule has 6 nitrogen and oxygen atoms in total. The summed E-state index contributed by atoms with van der Waals surface area (Å²) in [6.07, 6.45) is 3.51. The molecule has 1 rings (SSSR count). The van der Waals surface area contributed by atoms with Gasteiger partial charge in [-0.15, -0.1) is 24.0 Å². The molecule has 132 valence electrons. The van der Waals surface area contributed by atoms with Gasteiger partial charge in [-0.25, -0.2) is 13.1 Å². The highest BCUT2D eigenvalue weighted by molar-refractivity contribution is 14.0. The highest BCUT2D eigenvalue weighted by Gasteiger charge is 2.20. The lowest BCUT2D eigenvalue weighted by Gasteiger charge is -2.25. The molecule has 0 amide bonds. The minimum Gasteiger partial charge on any atom is -0.355 e. The number of sulfonamides is 1. The molecule has 0 bridgehead atoms. The molecule has 1 unspecified atom stereocenters. The molecule has 1 aliphatic rings. The fourth-order valence-electron chi connectivity index (χ4n) is 1.89. The first-order chi connectivity index (χ1) is 9.84. The maximum absolute atomic E-state index is 11.9. The van der Waals surface area contributed by atoms with Gasteiger partial charge in [0, 0.05) is 26.2 Å². The van der Waals surface area contributed by atoms with E-state index in [4.69, 9.17) is 0 Å². The van der Waals surface area contributed by atoms with Crippen LogP contribution in [-0.4, -0.2) is 46.3 Å². The lowest BCUT2D eigenvalue weighted by molar-refractivity contribution is 0.316. The van der Waals surface area contributed by atoms with Gasteiger partial charge in [0.25, 0.3) is 0 Å². The first-order valence-corrected chi connectivity index (χ1v) is 9.44. The van der Waals surface area contributed by atoms with Crippen LogP contribution in [0.25, 0.3) is 0 Å². The molecule has 0 aliphatic heterocycles. The average Bonchev–Trinajstić information content (AvgIpc) is 2.34. The monoisotopic (exact) mass is 446 g/mol. The summed E-state index contributed by atoms with van der Waals surface area (Å²) in [5.74, 6) is 1.73. The number of nitrogens with zero attached hydrogens (tertiary/aromatic N) is 1. The second-order valence-electron chi connectivity index (χ2n) is 6.14. The molecule has 0 aromatic rings. The Labute approximate surface area is 152 Å². The van der Waals surface area contributed by atoms with Crippen molar-refractivity contribution >= 4 is 40.0 Å². The van der Waals surface area contributed by atoms with E-state index in [0.29, 0.717) is 30.9 Å². The fourth-order valence-corrected chi connectivity index (χ4v) is 2.90. The highest BCUT2D eigenvalue weighted by atomic mass is 127. The van der Waals surface area contributed by atoms with Crippen LogP contribution in [0.4, 0.5) is 0 Å². The number of halogens is 1. The number of rotatable bonds is 8. The predicted octanol–water partition coefficient (Wildman–Crippen LogP) is 1.53. The Morgan fingerprint density at radius 1 is 1.27 bits per heavy atom. The van der Waals surface area contributed by atoms with Crippen molar-refractivity contribution in [3.8, 4) is 0 Å². The summed E-state index contributed by atoms with van der Waals surface area (Å²) in [5, 5.41) is 6.29. The first-order valence-electron chi connectivity index (χ1n) is 7.78. The Morgan fingerprint density at radius 3 is 2.36 bits per heavy atom. The van der Waals surface area contributed by atoms with Gasteiger partial charge in [0.2, 0.25) is 10.0 Å². The van der Waals surface area contributed by atoms with Crippen LogP contribution in [0.3, 0.4) is 0 Å². The number of aliphatic imine (C=N–C) groups is 1. The largest absolute Gasteiger partial charge is 0.355 e. The van der Waals surface area contributed by atoms with Gasteiger partial charge in [-0.2, -0.15) is 0 Å². The van der Waals surface area contributed by atoms with E-state index >= 15 is 0 Å². The zero-order valence-corrected chi connectivity index (χ0v) is 17.2. The maximum Gasteiger partial charge on any atom is 0.213 e. The second-order valence-corrected chi connectivity index (χ2v) is 8.07. The van der Waals surface area contributed by atoms with Crippen molar-refractivity contribution in [2.75, 3.05) is 25.9 Å². The number of hydrogen-bond donors (Lipinski definition) is 3. The van der Waals surface area contributed by atoms with E-state index in [1.54, 1.807) is 7.05 Å². The topological polar surface area (TPSA) is 82.6 Å². The second kappa shape index (κ2) is 10.6. The van der Waals surface area contributed by atoms with Crippen molar-refractivity contribution in [2.45, 2.75) is 46.1 Å². The number of guanidine groups is 1. The Morgan fingerprint density at radius 2 is 1.91 bits per heavy atom. The summed E-state index contributed by atoms with van der Waals surface area (Å²) in [6.45, 7) is 7.26. The summed E-state index contributed by atoms with van der Waals surface area (Å²) in [7, 11) is -1.51. The molecule has 22 heavy (non-hydrogen) atoms. The molecule has 0 spiro atoms. The maximum atomic E-state index is 11.9. The standard InChI is InChI=1S/C14H30N4O2S.HI/c1-11(2)12(3)18-14(15-4)16-8-9-21(19,20)17-10-13-6-5-7-13;/h11-13,17H,5-10H2,1-4H3,(H2,15,16,18);1H. The van der Waals surface area contributed by atoms with Crippen LogP contribution in [0.15, 0.2) is 4.99 Å². The van der Waals surface area contributed by atoms with Crippen molar-refractivity contribution < 1.29 is 8.42 Å². The highest BCUT2D eigenvalue weighted by Crippen LogP contribution is 2.25. The molecule has 0 radical (unpaired) electrons. The summed E-state index contributed by atoms with van der Waals surface area (Å²) in [6, 6.07) is 0.282. The van der Waals surface area contributed by atoms with E-state index in [2.05, 4.69) is 41.1 Å². The summed E-state index contributed by atoms with van der Waals surface area (Å²) in [5.41, 5.74) is 0. The van der Waals surface area contributed by atoms with Crippen LogP contribution >= 0.6 is 24.0 Å². The molecule has 8 heteroatoms. The van der Waals surface area contributed by atoms with Gasteiger partial charge in [0.05, 0.1) is 5.75 Å². The van der Waals surface area contributed by atoms with Gasteiger partial charge in [0.1, 0.15) is 0 Å². The normalized spacial score (nSPS) is 17.6. The lowest BCUT2D eigenvalue weighted by Crippen LogP contribution is -2.46. The third-order valence-corrected chi connectivity index (χ3v) is 5.42. The zero-order valence-electron chi connectivity index (χ0n) is 14.1. The van der Waals surface area contributed by atoms with Crippen molar-refractivity contribution in [2.24, 2.45) is 16.8 Å². The van der Waals surface area contributed by atoms with Crippen LogP contribution in [0.5, 0.6) is 0 Å². The summed E-state index contributed by atoms with van der Waals surface area (Å²) in [4.78, 5) is 4.11.